The normalized spacial score (nSPS) is 17.9. The van der Waals surface area contributed by atoms with Gasteiger partial charge < -0.3 is 10.1 Å². The highest BCUT2D eigenvalue weighted by Crippen LogP contribution is 2.62. The van der Waals surface area contributed by atoms with Gasteiger partial charge in [-0.2, -0.15) is 0 Å². The van der Waals surface area contributed by atoms with Crippen molar-refractivity contribution >= 4 is 11.4 Å². The van der Waals surface area contributed by atoms with Crippen molar-refractivity contribution in [2.45, 2.75) is 43.9 Å². The molecule has 0 unspecified atom stereocenters. The Hall–Kier alpha value is -4.30. The van der Waals surface area contributed by atoms with E-state index >= 15 is 0 Å². The van der Waals surface area contributed by atoms with Gasteiger partial charge in [-0.3, -0.25) is 0 Å². The van der Waals surface area contributed by atoms with Gasteiger partial charge in [0.1, 0.15) is 11.5 Å². The van der Waals surface area contributed by atoms with Gasteiger partial charge in [0.15, 0.2) is 0 Å². The Bertz CT molecular complexity index is 1830. The van der Waals surface area contributed by atoms with Gasteiger partial charge in [0.25, 0.3) is 0 Å². The molecule has 2 nitrogen and oxygen atoms in total. The first-order valence-electron chi connectivity index (χ1n) is 14.6. The molecule has 0 amide bonds. The third-order valence-corrected chi connectivity index (χ3v) is 9.91. The van der Waals surface area contributed by atoms with Crippen molar-refractivity contribution in [2.24, 2.45) is 5.92 Å². The smallest absolute Gasteiger partial charge is 0.133 e. The minimum Gasteiger partial charge on any atom is -0.457 e. The zero-order valence-corrected chi connectivity index (χ0v) is 22.9. The van der Waals surface area contributed by atoms with E-state index in [0.29, 0.717) is 0 Å². The molecule has 4 aliphatic rings. The van der Waals surface area contributed by atoms with Crippen LogP contribution in [0.3, 0.4) is 0 Å². The van der Waals surface area contributed by atoms with Crippen LogP contribution in [0.25, 0.3) is 11.1 Å². The first-order chi connectivity index (χ1) is 19.5. The Balaban J connectivity index is 1.33. The molecule has 1 fully saturated rings. The fraction of sp³-hybridized carbons (Fsp3) is 0.211. The second kappa shape index (κ2) is 7.67. The molecular weight excluding hydrogens is 486 g/mol. The minimum absolute atomic E-state index is 0.187. The van der Waals surface area contributed by atoms with Crippen molar-refractivity contribution in [2.75, 3.05) is 5.32 Å². The summed E-state index contributed by atoms with van der Waals surface area (Å²) in [5, 5.41) is 3.81. The van der Waals surface area contributed by atoms with E-state index in [4.69, 9.17) is 4.74 Å². The number of anilines is 2. The van der Waals surface area contributed by atoms with E-state index in [1.165, 1.54) is 69.3 Å². The molecule has 5 aromatic carbocycles. The second-order valence-electron chi connectivity index (χ2n) is 12.6. The number of hydrogen-bond acceptors (Lipinski definition) is 2. The lowest BCUT2D eigenvalue weighted by Gasteiger charge is -2.43. The van der Waals surface area contributed by atoms with Crippen molar-refractivity contribution in [3.63, 3.8) is 0 Å². The Morgan fingerprint density at radius 2 is 1.27 bits per heavy atom. The Labute approximate surface area is 235 Å². The lowest BCUT2D eigenvalue weighted by atomic mass is 9.63. The van der Waals surface area contributed by atoms with Crippen molar-refractivity contribution in [1.82, 2.24) is 0 Å². The van der Waals surface area contributed by atoms with Gasteiger partial charge in [-0.15, -0.1) is 0 Å². The minimum atomic E-state index is -0.399. The fourth-order valence-corrected chi connectivity index (χ4v) is 7.79. The van der Waals surface area contributed by atoms with Gasteiger partial charge in [-0.25, -0.2) is 0 Å². The predicted molar refractivity (Wildman–Crippen MR) is 162 cm³/mol. The maximum absolute atomic E-state index is 6.69. The Morgan fingerprint density at radius 1 is 0.625 bits per heavy atom. The summed E-state index contributed by atoms with van der Waals surface area (Å²) in [5.74, 6) is 2.80. The zero-order chi connectivity index (χ0) is 26.6. The maximum Gasteiger partial charge on any atom is 0.133 e. The average molecular weight is 518 g/mol. The van der Waals surface area contributed by atoms with Crippen LogP contribution in [0.4, 0.5) is 11.4 Å². The lowest BCUT2D eigenvalue weighted by Crippen LogP contribution is -2.34. The second-order valence-corrected chi connectivity index (χ2v) is 12.6. The molecule has 0 bridgehead atoms. The largest absolute Gasteiger partial charge is 0.457 e. The van der Waals surface area contributed by atoms with Crippen molar-refractivity contribution in [3.05, 3.63) is 142 Å². The Kier molecular flexibility index (Phi) is 4.31. The van der Waals surface area contributed by atoms with Gasteiger partial charge in [0.05, 0.1) is 5.41 Å². The summed E-state index contributed by atoms with van der Waals surface area (Å²) in [5.41, 5.74) is 13.6. The van der Waals surface area contributed by atoms with E-state index in [2.05, 4.69) is 122 Å². The summed E-state index contributed by atoms with van der Waals surface area (Å²) in [6.45, 7) is 4.74. The summed E-state index contributed by atoms with van der Waals surface area (Å²) < 4.78 is 6.69. The van der Waals surface area contributed by atoms with E-state index in [0.717, 1.165) is 28.8 Å². The van der Waals surface area contributed by atoms with Crippen LogP contribution in [0.1, 0.15) is 65.6 Å². The van der Waals surface area contributed by atoms with Crippen LogP contribution < -0.4 is 10.1 Å². The van der Waals surface area contributed by atoms with Gasteiger partial charge in [-0.1, -0.05) is 92.7 Å². The van der Waals surface area contributed by atoms with Crippen LogP contribution >= 0.6 is 0 Å². The molecule has 1 saturated carbocycles. The number of para-hydroxylation sites is 1. The highest BCUT2D eigenvalue weighted by molar-refractivity contribution is 5.93. The molecule has 9 rings (SSSR count). The summed E-state index contributed by atoms with van der Waals surface area (Å²) in [7, 11) is 0. The summed E-state index contributed by atoms with van der Waals surface area (Å²) >= 11 is 0. The molecule has 0 saturated heterocycles. The number of fused-ring (bicyclic) bond motifs is 11. The van der Waals surface area contributed by atoms with Crippen molar-refractivity contribution < 1.29 is 4.74 Å². The SMILES string of the molecule is CC1(C)c2cc(CC3CC3)ccc2Oc2cc3c(cc21)C1(c2ccccc2N3)c2ccccc2-c2ccccc21. The molecule has 1 spiro atoms. The summed E-state index contributed by atoms with van der Waals surface area (Å²) in [6, 6.07) is 38.4. The molecule has 5 aromatic rings. The van der Waals surface area contributed by atoms with Crippen LogP contribution in [0.15, 0.2) is 103 Å². The molecule has 1 N–H and O–H groups in total. The fourth-order valence-electron chi connectivity index (χ4n) is 7.79. The van der Waals surface area contributed by atoms with Crippen molar-refractivity contribution in [3.8, 4) is 22.6 Å². The van der Waals surface area contributed by atoms with Gasteiger partial charge >= 0.3 is 0 Å². The molecule has 2 aliphatic heterocycles. The average Bonchev–Trinajstić information content (AvgIpc) is 3.75. The van der Waals surface area contributed by atoms with E-state index < -0.39 is 5.41 Å². The summed E-state index contributed by atoms with van der Waals surface area (Å²) in [6.07, 6.45) is 3.91. The molecule has 0 radical (unpaired) electrons. The van der Waals surface area contributed by atoms with E-state index in [-0.39, 0.29) is 5.41 Å². The quantitative estimate of drug-likeness (QED) is 0.247. The van der Waals surface area contributed by atoms with Crippen molar-refractivity contribution in [1.29, 1.82) is 0 Å². The standard InChI is InChI=1S/C38H31NO/c1-37(2)31-20-24(19-23-15-16-23)17-18-35(31)40-36-22-34-30(21-32(36)37)38(29-13-7-8-14-33(29)39-34)27-11-5-3-9-25(27)26-10-4-6-12-28(26)38/h3-14,17-18,20-23,39H,15-16,19H2,1-2H3. The van der Waals surface area contributed by atoms with E-state index in [1.54, 1.807) is 0 Å². The zero-order valence-electron chi connectivity index (χ0n) is 22.9. The van der Waals surface area contributed by atoms with Crippen LogP contribution in [0, 0.1) is 5.92 Å². The monoisotopic (exact) mass is 517 g/mol. The van der Waals surface area contributed by atoms with Crippen LogP contribution in [-0.2, 0) is 17.3 Å². The predicted octanol–water partition coefficient (Wildman–Crippen LogP) is 9.49. The van der Waals surface area contributed by atoms with Gasteiger partial charge in [-0.05, 0) is 82.3 Å². The van der Waals surface area contributed by atoms with E-state index in [1.807, 2.05) is 0 Å². The number of ether oxygens (including phenoxy) is 1. The summed E-state index contributed by atoms with van der Waals surface area (Å²) in [4.78, 5) is 0. The molecule has 194 valence electrons. The van der Waals surface area contributed by atoms with Crippen LogP contribution in [0.5, 0.6) is 11.5 Å². The molecule has 0 aromatic heterocycles. The third-order valence-electron chi connectivity index (χ3n) is 9.91. The lowest BCUT2D eigenvalue weighted by molar-refractivity contribution is 0.417. The van der Waals surface area contributed by atoms with Gasteiger partial charge in [0, 0.05) is 34.0 Å². The van der Waals surface area contributed by atoms with Crippen LogP contribution in [-0.4, -0.2) is 0 Å². The molecule has 40 heavy (non-hydrogen) atoms. The third kappa shape index (κ3) is 2.84. The number of benzene rings is 5. The first kappa shape index (κ1) is 22.5. The Morgan fingerprint density at radius 3 is 2.00 bits per heavy atom. The topological polar surface area (TPSA) is 21.3 Å². The molecular formula is C38H31NO. The van der Waals surface area contributed by atoms with Crippen LogP contribution in [0.2, 0.25) is 0 Å². The molecule has 2 heterocycles. The maximum atomic E-state index is 6.69. The number of nitrogens with one attached hydrogen (secondary N) is 1. The highest BCUT2D eigenvalue weighted by Gasteiger charge is 2.51. The number of hydrogen-bond donors (Lipinski definition) is 1. The molecule has 2 aliphatic carbocycles. The highest BCUT2D eigenvalue weighted by atomic mass is 16.5. The molecule has 0 atom stereocenters. The van der Waals surface area contributed by atoms with Gasteiger partial charge in [0.2, 0.25) is 0 Å². The molecule has 2 heteroatoms. The number of rotatable bonds is 2. The van der Waals surface area contributed by atoms with E-state index in [9.17, 15) is 0 Å². The first-order valence-corrected chi connectivity index (χ1v) is 14.6.